The fourth-order valence-electron chi connectivity index (χ4n) is 2.26. The molecule has 3 rings (SSSR count). The Kier molecular flexibility index (Phi) is 4.59. The van der Waals surface area contributed by atoms with Crippen molar-refractivity contribution >= 4 is 23.3 Å². The molecule has 0 amide bonds. The summed E-state index contributed by atoms with van der Waals surface area (Å²) in [6, 6.07) is 1.84. The fraction of sp³-hybridized carbons (Fsp3) is 0.429. The van der Waals surface area contributed by atoms with E-state index in [1.54, 1.807) is 6.20 Å². The molecule has 2 aromatic rings. The Morgan fingerprint density at radius 2 is 1.86 bits per heavy atom. The molecule has 1 saturated heterocycles. The first-order valence-corrected chi connectivity index (χ1v) is 7.28. The van der Waals surface area contributed by atoms with Crippen molar-refractivity contribution in [3.05, 3.63) is 24.8 Å². The number of hydrogen-bond donors (Lipinski definition) is 3. The molecule has 8 nitrogen and oxygen atoms in total. The van der Waals surface area contributed by atoms with Crippen LogP contribution in [0.2, 0.25) is 0 Å². The number of hydrogen-bond acceptors (Lipinski definition) is 8. The summed E-state index contributed by atoms with van der Waals surface area (Å²) >= 11 is 0. The van der Waals surface area contributed by atoms with Gasteiger partial charge in [-0.25, -0.2) is 19.9 Å². The van der Waals surface area contributed by atoms with Crippen molar-refractivity contribution in [1.82, 2.24) is 19.9 Å². The standard InChI is InChI=1S/C14H19N7O/c15-11-7-18-14(8-16-11)21-13-5-12(19-9-20-13)17-6-10-1-3-22-4-2-10/h5,7-10H,1-4,6H2,(H2,15,16)(H2,17,18,19,20,21). The first-order valence-electron chi connectivity index (χ1n) is 7.28. The van der Waals surface area contributed by atoms with E-state index < -0.39 is 0 Å². The third-order valence-corrected chi connectivity index (χ3v) is 3.51. The summed E-state index contributed by atoms with van der Waals surface area (Å²) in [6.45, 7) is 2.58. The monoisotopic (exact) mass is 301 g/mol. The number of anilines is 4. The highest BCUT2D eigenvalue weighted by Gasteiger charge is 2.13. The Morgan fingerprint density at radius 3 is 2.64 bits per heavy atom. The molecule has 1 aliphatic rings. The van der Waals surface area contributed by atoms with Crippen molar-refractivity contribution < 1.29 is 4.74 Å². The van der Waals surface area contributed by atoms with E-state index in [0.717, 1.165) is 38.4 Å². The van der Waals surface area contributed by atoms with Crippen LogP contribution in [0.15, 0.2) is 24.8 Å². The van der Waals surface area contributed by atoms with E-state index in [1.165, 1.54) is 12.5 Å². The molecular formula is C14H19N7O. The van der Waals surface area contributed by atoms with Gasteiger partial charge in [0, 0.05) is 25.8 Å². The van der Waals surface area contributed by atoms with Gasteiger partial charge < -0.3 is 21.1 Å². The highest BCUT2D eigenvalue weighted by Crippen LogP contribution is 2.17. The van der Waals surface area contributed by atoms with Gasteiger partial charge in [0.05, 0.1) is 12.4 Å². The van der Waals surface area contributed by atoms with Crippen molar-refractivity contribution in [3.63, 3.8) is 0 Å². The summed E-state index contributed by atoms with van der Waals surface area (Å²) in [5.41, 5.74) is 5.51. The zero-order chi connectivity index (χ0) is 15.2. The van der Waals surface area contributed by atoms with Gasteiger partial charge in [0.15, 0.2) is 0 Å². The highest BCUT2D eigenvalue weighted by atomic mass is 16.5. The van der Waals surface area contributed by atoms with Crippen LogP contribution in [0.25, 0.3) is 0 Å². The van der Waals surface area contributed by atoms with E-state index in [1.807, 2.05) is 6.07 Å². The zero-order valence-electron chi connectivity index (χ0n) is 12.2. The van der Waals surface area contributed by atoms with Crippen LogP contribution in [0.1, 0.15) is 12.8 Å². The minimum absolute atomic E-state index is 0.382. The molecule has 8 heteroatoms. The Morgan fingerprint density at radius 1 is 1.05 bits per heavy atom. The quantitative estimate of drug-likeness (QED) is 0.760. The van der Waals surface area contributed by atoms with Crippen LogP contribution in [0.5, 0.6) is 0 Å². The number of nitrogens with one attached hydrogen (secondary N) is 2. The largest absolute Gasteiger partial charge is 0.382 e. The third-order valence-electron chi connectivity index (χ3n) is 3.51. The van der Waals surface area contributed by atoms with E-state index in [2.05, 4.69) is 30.6 Å². The van der Waals surface area contributed by atoms with Crippen LogP contribution in [0, 0.1) is 5.92 Å². The predicted octanol–water partition coefficient (Wildman–Crippen LogP) is 1.43. The molecule has 0 aliphatic carbocycles. The average molecular weight is 301 g/mol. The molecule has 0 saturated carbocycles. The van der Waals surface area contributed by atoms with Crippen LogP contribution < -0.4 is 16.4 Å². The molecule has 0 spiro atoms. The maximum Gasteiger partial charge on any atom is 0.150 e. The summed E-state index contributed by atoms with van der Waals surface area (Å²) in [5, 5.41) is 6.42. The second-order valence-corrected chi connectivity index (χ2v) is 5.18. The third kappa shape index (κ3) is 4.01. The van der Waals surface area contributed by atoms with Crippen molar-refractivity contribution in [2.75, 3.05) is 36.1 Å². The highest BCUT2D eigenvalue weighted by molar-refractivity contribution is 5.55. The number of ether oxygens (including phenoxy) is 1. The average Bonchev–Trinajstić information content (AvgIpc) is 2.57. The summed E-state index contributed by atoms with van der Waals surface area (Å²) in [5.74, 6) is 3.04. The van der Waals surface area contributed by atoms with E-state index in [4.69, 9.17) is 10.5 Å². The first kappa shape index (κ1) is 14.5. The normalized spacial score (nSPS) is 15.5. The lowest BCUT2D eigenvalue weighted by molar-refractivity contribution is 0.0699. The first-order chi connectivity index (χ1) is 10.8. The second kappa shape index (κ2) is 6.99. The van der Waals surface area contributed by atoms with Crippen molar-refractivity contribution in [2.45, 2.75) is 12.8 Å². The van der Waals surface area contributed by atoms with Gasteiger partial charge >= 0.3 is 0 Å². The lowest BCUT2D eigenvalue weighted by atomic mass is 10.0. The van der Waals surface area contributed by atoms with Crippen LogP contribution in [-0.2, 0) is 4.74 Å². The lowest BCUT2D eigenvalue weighted by Crippen LogP contribution is -2.22. The molecular weight excluding hydrogens is 282 g/mol. The summed E-state index contributed by atoms with van der Waals surface area (Å²) < 4.78 is 5.36. The van der Waals surface area contributed by atoms with Gasteiger partial charge in [-0.2, -0.15) is 0 Å². The molecule has 1 fully saturated rings. The summed E-state index contributed by atoms with van der Waals surface area (Å²) in [4.78, 5) is 16.5. The molecule has 0 bridgehead atoms. The Balaban J connectivity index is 1.58. The van der Waals surface area contributed by atoms with E-state index >= 15 is 0 Å². The Bertz CT molecular complexity index is 598. The fourth-order valence-corrected chi connectivity index (χ4v) is 2.26. The number of nitrogen functional groups attached to an aromatic ring is 1. The summed E-state index contributed by atoms with van der Waals surface area (Å²) in [7, 11) is 0. The van der Waals surface area contributed by atoms with Gasteiger partial charge in [0.2, 0.25) is 0 Å². The Labute approximate surface area is 128 Å². The molecule has 0 atom stereocenters. The molecule has 116 valence electrons. The lowest BCUT2D eigenvalue weighted by Gasteiger charge is -2.22. The maximum absolute atomic E-state index is 5.51. The van der Waals surface area contributed by atoms with Crippen LogP contribution in [0.3, 0.4) is 0 Å². The van der Waals surface area contributed by atoms with Crippen molar-refractivity contribution in [3.8, 4) is 0 Å². The van der Waals surface area contributed by atoms with Gasteiger partial charge in [-0.05, 0) is 18.8 Å². The molecule has 0 unspecified atom stereocenters. The number of nitrogens with zero attached hydrogens (tertiary/aromatic N) is 4. The smallest absolute Gasteiger partial charge is 0.150 e. The molecule has 0 aromatic carbocycles. The molecule has 1 aliphatic heterocycles. The van der Waals surface area contributed by atoms with E-state index in [9.17, 15) is 0 Å². The Hall–Kier alpha value is -2.48. The zero-order valence-corrected chi connectivity index (χ0v) is 12.2. The number of aromatic nitrogens is 4. The van der Waals surface area contributed by atoms with Gasteiger partial charge in [-0.15, -0.1) is 0 Å². The summed E-state index contributed by atoms with van der Waals surface area (Å²) in [6.07, 6.45) is 6.74. The minimum atomic E-state index is 0.382. The van der Waals surface area contributed by atoms with Gasteiger partial charge in [-0.1, -0.05) is 0 Å². The second-order valence-electron chi connectivity index (χ2n) is 5.18. The van der Waals surface area contributed by atoms with Gasteiger partial charge in [0.1, 0.15) is 29.6 Å². The topological polar surface area (TPSA) is 111 Å². The van der Waals surface area contributed by atoms with Crippen LogP contribution >= 0.6 is 0 Å². The molecule has 4 N–H and O–H groups in total. The van der Waals surface area contributed by atoms with Gasteiger partial charge in [-0.3, -0.25) is 0 Å². The molecule has 22 heavy (non-hydrogen) atoms. The molecule has 2 aromatic heterocycles. The molecule has 0 radical (unpaired) electrons. The minimum Gasteiger partial charge on any atom is -0.382 e. The van der Waals surface area contributed by atoms with Gasteiger partial charge in [0.25, 0.3) is 0 Å². The van der Waals surface area contributed by atoms with E-state index in [0.29, 0.717) is 23.4 Å². The maximum atomic E-state index is 5.51. The molecule has 3 heterocycles. The van der Waals surface area contributed by atoms with Crippen molar-refractivity contribution in [2.24, 2.45) is 5.92 Å². The van der Waals surface area contributed by atoms with Crippen LogP contribution in [0.4, 0.5) is 23.3 Å². The van der Waals surface area contributed by atoms with E-state index in [-0.39, 0.29) is 0 Å². The SMILES string of the molecule is Nc1cnc(Nc2cc(NCC3CCOCC3)ncn2)cn1. The number of rotatable bonds is 5. The van der Waals surface area contributed by atoms with Crippen molar-refractivity contribution in [1.29, 1.82) is 0 Å². The number of nitrogens with two attached hydrogens (primary N) is 1. The predicted molar refractivity (Wildman–Crippen MR) is 83.8 cm³/mol. The van der Waals surface area contributed by atoms with Crippen LogP contribution in [-0.4, -0.2) is 39.7 Å².